The Morgan fingerprint density at radius 2 is 1.35 bits per heavy atom. The topological polar surface area (TPSA) is 38.7 Å². The minimum absolute atomic E-state index is 0.591. The van der Waals surface area contributed by atoms with Gasteiger partial charge in [0.1, 0.15) is 11.5 Å². The highest BCUT2D eigenvalue weighted by molar-refractivity contribution is 7.41. The van der Waals surface area contributed by atoms with Crippen molar-refractivity contribution < 1.29 is 13.9 Å². The first-order valence-corrected chi connectivity index (χ1v) is 6.34. The van der Waals surface area contributed by atoms with Crippen molar-refractivity contribution in [2.45, 2.75) is 6.92 Å². The van der Waals surface area contributed by atoms with Gasteiger partial charge in [-0.05, 0) is 31.2 Å². The van der Waals surface area contributed by atoms with E-state index in [1.54, 1.807) is 24.3 Å². The summed E-state index contributed by atoms with van der Waals surface area (Å²) in [4.78, 5) is 9.65. The van der Waals surface area contributed by atoms with Gasteiger partial charge in [0.15, 0.2) is 0 Å². The molecule has 0 spiro atoms. The van der Waals surface area contributed by atoms with Gasteiger partial charge in [0.25, 0.3) is 0 Å². The molecule has 2 aromatic rings. The molecule has 3 nitrogen and oxygen atoms in total. The molecule has 0 aliphatic carbocycles. The molecule has 1 atom stereocenters. The van der Waals surface area contributed by atoms with E-state index in [4.69, 9.17) is 9.05 Å². The molecule has 0 saturated carbocycles. The molecule has 2 aromatic carbocycles. The second kappa shape index (κ2) is 5.67. The summed E-state index contributed by atoms with van der Waals surface area (Å²) in [5, 5.41) is 0. The van der Waals surface area contributed by atoms with Crippen LogP contribution in [0.2, 0.25) is 0 Å². The molecular weight excluding hydrogens is 235 g/mol. The summed E-state index contributed by atoms with van der Waals surface area (Å²) < 4.78 is 10.5. The summed E-state index contributed by atoms with van der Waals surface area (Å²) in [6, 6.07) is 16.5. The molecular formula is C13H13O3P. The average molecular weight is 248 g/mol. The van der Waals surface area contributed by atoms with Gasteiger partial charge in [-0.1, -0.05) is 35.9 Å². The van der Waals surface area contributed by atoms with Crippen molar-refractivity contribution in [3.05, 3.63) is 60.2 Å². The highest BCUT2D eigenvalue weighted by Crippen LogP contribution is 2.36. The van der Waals surface area contributed by atoms with Crippen molar-refractivity contribution in [2.75, 3.05) is 0 Å². The number of rotatable bonds is 4. The van der Waals surface area contributed by atoms with Crippen molar-refractivity contribution in [2.24, 2.45) is 0 Å². The SMILES string of the molecule is Cc1ccc(OP(O)Oc2ccccc2)cc1. The van der Waals surface area contributed by atoms with Crippen LogP contribution in [0.25, 0.3) is 0 Å². The van der Waals surface area contributed by atoms with Gasteiger partial charge in [0.2, 0.25) is 0 Å². The van der Waals surface area contributed by atoms with E-state index in [1.807, 2.05) is 37.3 Å². The van der Waals surface area contributed by atoms with Gasteiger partial charge in [-0.25, -0.2) is 0 Å². The van der Waals surface area contributed by atoms with Crippen molar-refractivity contribution in [3.8, 4) is 11.5 Å². The van der Waals surface area contributed by atoms with Gasteiger partial charge in [-0.3, -0.25) is 0 Å². The van der Waals surface area contributed by atoms with E-state index in [0.717, 1.165) is 5.56 Å². The molecule has 1 unspecified atom stereocenters. The third-order valence-electron chi connectivity index (χ3n) is 2.13. The summed E-state index contributed by atoms with van der Waals surface area (Å²) in [5.74, 6) is 1.19. The fourth-order valence-electron chi connectivity index (χ4n) is 1.28. The Balaban J connectivity index is 1.93. The van der Waals surface area contributed by atoms with Crippen LogP contribution in [0.3, 0.4) is 0 Å². The second-order valence-electron chi connectivity index (χ2n) is 3.55. The zero-order valence-electron chi connectivity index (χ0n) is 9.41. The molecule has 17 heavy (non-hydrogen) atoms. The van der Waals surface area contributed by atoms with Crippen LogP contribution in [-0.4, -0.2) is 4.89 Å². The fraction of sp³-hybridized carbons (Fsp3) is 0.0769. The molecule has 0 radical (unpaired) electrons. The smallest absolute Gasteiger partial charge is 0.418 e. The molecule has 0 saturated heterocycles. The quantitative estimate of drug-likeness (QED) is 0.839. The fourth-order valence-corrected chi connectivity index (χ4v) is 1.92. The summed E-state index contributed by atoms with van der Waals surface area (Å²) in [5.41, 5.74) is 1.14. The van der Waals surface area contributed by atoms with Crippen LogP contribution in [0.1, 0.15) is 5.56 Å². The minimum atomic E-state index is -1.94. The normalized spacial score (nSPS) is 11.9. The van der Waals surface area contributed by atoms with Crippen molar-refractivity contribution in [1.82, 2.24) is 0 Å². The van der Waals surface area contributed by atoms with Crippen molar-refractivity contribution >= 4 is 8.60 Å². The molecule has 0 fully saturated rings. The summed E-state index contributed by atoms with van der Waals surface area (Å²) in [6.45, 7) is 1.99. The Hall–Kier alpha value is -1.57. The van der Waals surface area contributed by atoms with Crippen LogP contribution in [0.15, 0.2) is 54.6 Å². The molecule has 2 rings (SSSR count). The molecule has 0 amide bonds. The zero-order chi connectivity index (χ0) is 12.1. The summed E-state index contributed by atoms with van der Waals surface area (Å²) in [6.07, 6.45) is 0. The Labute approximate surface area is 102 Å². The first kappa shape index (κ1) is 11.9. The molecule has 88 valence electrons. The van der Waals surface area contributed by atoms with E-state index in [2.05, 4.69) is 0 Å². The van der Waals surface area contributed by atoms with E-state index in [1.165, 1.54) is 0 Å². The van der Waals surface area contributed by atoms with E-state index in [9.17, 15) is 4.89 Å². The van der Waals surface area contributed by atoms with Crippen molar-refractivity contribution in [1.29, 1.82) is 0 Å². The maximum Gasteiger partial charge on any atom is 0.460 e. The molecule has 4 heteroatoms. The highest BCUT2D eigenvalue weighted by Gasteiger charge is 2.10. The van der Waals surface area contributed by atoms with Gasteiger partial charge in [-0.15, -0.1) is 0 Å². The Bertz CT molecular complexity index is 456. The lowest BCUT2D eigenvalue weighted by Gasteiger charge is -2.12. The second-order valence-corrected chi connectivity index (χ2v) is 4.39. The minimum Gasteiger partial charge on any atom is -0.418 e. The van der Waals surface area contributed by atoms with E-state index < -0.39 is 8.60 Å². The van der Waals surface area contributed by atoms with Crippen LogP contribution >= 0.6 is 8.60 Å². The highest BCUT2D eigenvalue weighted by atomic mass is 31.2. The Morgan fingerprint density at radius 3 is 1.94 bits per heavy atom. The van der Waals surface area contributed by atoms with Gasteiger partial charge in [0.05, 0.1) is 0 Å². The number of aryl methyl sites for hydroxylation is 1. The average Bonchev–Trinajstić information content (AvgIpc) is 2.33. The van der Waals surface area contributed by atoms with Crippen LogP contribution in [0.5, 0.6) is 11.5 Å². The largest absolute Gasteiger partial charge is 0.460 e. The van der Waals surface area contributed by atoms with E-state index >= 15 is 0 Å². The predicted molar refractivity (Wildman–Crippen MR) is 68.0 cm³/mol. The maximum atomic E-state index is 9.65. The lowest BCUT2D eigenvalue weighted by atomic mass is 10.2. The van der Waals surface area contributed by atoms with Gasteiger partial charge < -0.3 is 13.9 Å². The number of para-hydroxylation sites is 1. The maximum absolute atomic E-state index is 9.65. The molecule has 0 bridgehead atoms. The first-order chi connectivity index (χ1) is 8.24. The Morgan fingerprint density at radius 1 is 0.824 bits per heavy atom. The molecule has 0 aliphatic rings. The standard InChI is InChI=1S/C13H13O3P/c1-11-7-9-13(10-8-11)16-17(14)15-12-5-3-2-4-6-12/h2-10,14H,1H3. The number of hydrogen-bond acceptors (Lipinski definition) is 3. The molecule has 0 aromatic heterocycles. The predicted octanol–water partition coefficient (Wildman–Crippen LogP) is 3.67. The van der Waals surface area contributed by atoms with Gasteiger partial charge in [-0.2, -0.15) is 0 Å². The lowest BCUT2D eigenvalue weighted by Crippen LogP contribution is -1.94. The third-order valence-corrected chi connectivity index (χ3v) is 2.87. The summed E-state index contributed by atoms with van der Waals surface area (Å²) >= 11 is 0. The third kappa shape index (κ3) is 3.74. The van der Waals surface area contributed by atoms with Gasteiger partial charge in [0, 0.05) is 0 Å². The van der Waals surface area contributed by atoms with E-state index in [0.29, 0.717) is 11.5 Å². The molecule has 1 N–H and O–H groups in total. The number of hydrogen-bond donors (Lipinski definition) is 1. The first-order valence-electron chi connectivity index (χ1n) is 5.21. The lowest BCUT2D eigenvalue weighted by molar-refractivity contribution is 0.382. The molecule has 0 aliphatic heterocycles. The van der Waals surface area contributed by atoms with Crippen molar-refractivity contribution in [3.63, 3.8) is 0 Å². The van der Waals surface area contributed by atoms with Crippen LogP contribution in [0.4, 0.5) is 0 Å². The zero-order valence-corrected chi connectivity index (χ0v) is 10.3. The number of benzene rings is 2. The summed E-state index contributed by atoms with van der Waals surface area (Å²) in [7, 11) is -1.94. The Kier molecular flexibility index (Phi) is 3.97. The monoisotopic (exact) mass is 248 g/mol. The van der Waals surface area contributed by atoms with Crippen LogP contribution in [-0.2, 0) is 0 Å². The van der Waals surface area contributed by atoms with E-state index in [-0.39, 0.29) is 0 Å². The van der Waals surface area contributed by atoms with Crippen LogP contribution < -0.4 is 9.05 Å². The molecule has 0 heterocycles. The van der Waals surface area contributed by atoms with Gasteiger partial charge >= 0.3 is 8.60 Å². The van der Waals surface area contributed by atoms with Crippen LogP contribution in [0, 0.1) is 6.92 Å².